The average Bonchev–Trinajstić information content (AvgIpc) is 2.12. The zero-order chi connectivity index (χ0) is 11.7. The van der Waals surface area contributed by atoms with Crippen molar-refractivity contribution in [2.45, 2.75) is 13.8 Å². The van der Waals surface area contributed by atoms with Crippen molar-refractivity contribution in [1.29, 1.82) is 0 Å². The number of aryl methyl sites for hydroxylation is 1. The van der Waals surface area contributed by atoms with Crippen molar-refractivity contribution in [2.75, 3.05) is 0 Å². The molecule has 80 valence electrons. The highest BCUT2D eigenvalue weighted by Crippen LogP contribution is 2.32. The number of benzene rings is 1. The van der Waals surface area contributed by atoms with E-state index >= 15 is 0 Å². The van der Waals surface area contributed by atoms with E-state index in [9.17, 15) is 14.9 Å². The minimum Gasteiger partial charge on any atom is -0.365 e. The molecule has 1 amide bonds. The molecule has 1 aromatic carbocycles. The number of hydrogen-bond donors (Lipinski definition) is 1. The molecule has 0 atom stereocenters. The van der Waals surface area contributed by atoms with Gasteiger partial charge in [0.05, 0.1) is 4.92 Å². The molecule has 0 aliphatic heterocycles. The van der Waals surface area contributed by atoms with Gasteiger partial charge in [0.15, 0.2) is 0 Å². The van der Waals surface area contributed by atoms with Gasteiger partial charge < -0.3 is 5.73 Å². The lowest BCUT2D eigenvalue weighted by atomic mass is 10.0. The van der Waals surface area contributed by atoms with Gasteiger partial charge in [0, 0.05) is 10.0 Å². The SMILES string of the molecule is Cc1cc(C(N)=O)c([N+](=O)[O-])c(C)c1Br. The number of nitrogens with zero attached hydrogens (tertiary/aromatic N) is 1. The van der Waals surface area contributed by atoms with E-state index in [1.54, 1.807) is 13.8 Å². The van der Waals surface area contributed by atoms with Crippen LogP contribution in [0.4, 0.5) is 5.69 Å². The summed E-state index contributed by atoms with van der Waals surface area (Å²) in [5.41, 5.74) is 5.94. The molecule has 0 spiro atoms. The van der Waals surface area contributed by atoms with Gasteiger partial charge >= 0.3 is 0 Å². The maximum atomic E-state index is 11.0. The molecular formula is C9H9BrN2O3. The highest BCUT2D eigenvalue weighted by atomic mass is 79.9. The molecular weight excluding hydrogens is 264 g/mol. The molecule has 0 aliphatic carbocycles. The van der Waals surface area contributed by atoms with Crippen molar-refractivity contribution in [1.82, 2.24) is 0 Å². The Labute approximate surface area is 94.5 Å². The van der Waals surface area contributed by atoms with Crippen molar-refractivity contribution in [3.8, 4) is 0 Å². The van der Waals surface area contributed by atoms with Crippen LogP contribution in [0.15, 0.2) is 10.5 Å². The first kappa shape index (κ1) is 11.6. The third-order valence-corrected chi connectivity index (χ3v) is 3.31. The lowest BCUT2D eigenvalue weighted by molar-refractivity contribution is -0.385. The zero-order valence-corrected chi connectivity index (χ0v) is 9.79. The molecule has 5 nitrogen and oxygen atoms in total. The minimum absolute atomic E-state index is 0.0572. The smallest absolute Gasteiger partial charge is 0.286 e. The summed E-state index contributed by atoms with van der Waals surface area (Å²) in [7, 11) is 0. The van der Waals surface area contributed by atoms with Crippen molar-refractivity contribution >= 4 is 27.5 Å². The van der Waals surface area contributed by atoms with E-state index in [0.717, 1.165) is 5.56 Å². The molecule has 1 aromatic rings. The fourth-order valence-corrected chi connectivity index (χ4v) is 1.68. The van der Waals surface area contributed by atoms with Gasteiger partial charge in [-0.2, -0.15) is 0 Å². The Morgan fingerprint density at radius 2 is 2.07 bits per heavy atom. The number of halogens is 1. The molecule has 15 heavy (non-hydrogen) atoms. The number of carbonyl (C=O) groups excluding carboxylic acids is 1. The summed E-state index contributed by atoms with van der Waals surface area (Å²) < 4.78 is 0.624. The molecule has 0 fully saturated rings. The predicted octanol–water partition coefficient (Wildman–Crippen LogP) is 2.07. The molecule has 6 heteroatoms. The Balaban J connectivity index is 3.65. The first-order valence-corrected chi connectivity index (χ1v) is 4.89. The second kappa shape index (κ2) is 3.98. The second-order valence-corrected chi connectivity index (χ2v) is 3.94. The third-order valence-electron chi connectivity index (χ3n) is 2.09. The number of primary amides is 1. The fourth-order valence-electron chi connectivity index (χ4n) is 1.37. The summed E-state index contributed by atoms with van der Waals surface area (Å²) in [6.07, 6.45) is 0. The van der Waals surface area contributed by atoms with Crippen LogP contribution in [0.25, 0.3) is 0 Å². The minimum atomic E-state index is -0.791. The number of hydrogen-bond acceptors (Lipinski definition) is 3. The van der Waals surface area contributed by atoms with Crippen molar-refractivity contribution in [2.24, 2.45) is 5.73 Å². The van der Waals surface area contributed by atoms with Crippen molar-refractivity contribution in [3.05, 3.63) is 37.3 Å². The Morgan fingerprint density at radius 1 is 1.53 bits per heavy atom. The molecule has 2 N–H and O–H groups in total. The topological polar surface area (TPSA) is 86.2 Å². The lowest BCUT2D eigenvalue weighted by Crippen LogP contribution is -2.14. The Bertz CT molecular complexity index is 457. The van der Waals surface area contributed by atoms with Gasteiger partial charge in [-0.1, -0.05) is 0 Å². The Morgan fingerprint density at radius 3 is 2.47 bits per heavy atom. The standard InChI is InChI=1S/C9H9BrN2O3/c1-4-3-6(9(11)13)8(12(14)15)5(2)7(4)10/h3H,1-2H3,(H2,11,13). The first-order chi connectivity index (χ1) is 6.86. The second-order valence-electron chi connectivity index (χ2n) is 3.15. The third kappa shape index (κ3) is 1.99. The summed E-state index contributed by atoms with van der Waals surface area (Å²) >= 11 is 3.22. The van der Waals surface area contributed by atoms with Gasteiger partial charge in [-0.05, 0) is 41.4 Å². The van der Waals surface area contributed by atoms with Gasteiger partial charge in [-0.25, -0.2) is 0 Å². The highest BCUT2D eigenvalue weighted by Gasteiger charge is 2.24. The molecule has 0 bridgehead atoms. The van der Waals surface area contributed by atoms with Gasteiger partial charge in [0.25, 0.3) is 11.6 Å². The van der Waals surface area contributed by atoms with Crippen LogP contribution in [0.5, 0.6) is 0 Å². The number of carbonyl (C=O) groups is 1. The molecule has 0 radical (unpaired) electrons. The number of nitro groups is 1. The van der Waals surface area contributed by atoms with Crippen molar-refractivity contribution < 1.29 is 9.72 Å². The summed E-state index contributed by atoms with van der Waals surface area (Å²) in [5, 5.41) is 10.8. The van der Waals surface area contributed by atoms with Crippen molar-refractivity contribution in [3.63, 3.8) is 0 Å². The van der Waals surface area contributed by atoms with E-state index < -0.39 is 10.8 Å². The monoisotopic (exact) mass is 272 g/mol. The summed E-state index contributed by atoms with van der Waals surface area (Å²) in [6.45, 7) is 3.31. The van der Waals surface area contributed by atoms with Crippen LogP contribution < -0.4 is 5.73 Å². The molecule has 0 saturated heterocycles. The zero-order valence-electron chi connectivity index (χ0n) is 8.20. The first-order valence-electron chi connectivity index (χ1n) is 4.10. The number of nitro benzene ring substituents is 1. The molecule has 1 rings (SSSR count). The quantitative estimate of drug-likeness (QED) is 0.661. The number of amides is 1. The molecule has 0 aromatic heterocycles. The van der Waals surface area contributed by atoms with Gasteiger partial charge in [-0.3, -0.25) is 14.9 Å². The van der Waals surface area contributed by atoms with E-state index in [0.29, 0.717) is 10.0 Å². The van der Waals surface area contributed by atoms with Crippen LogP contribution in [-0.4, -0.2) is 10.8 Å². The molecule has 0 heterocycles. The summed E-state index contributed by atoms with van der Waals surface area (Å²) in [5.74, 6) is -0.791. The van der Waals surface area contributed by atoms with Gasteiger partial charge in [0.1, 0.15) is 5.56 Å². The van der Waals surface area contributed by atoms with E-state index in [1.165, 1.54) is 6.07 Å². The molecule has 0 unspecified atom stereocenters. The summed E-state index contributed by atoms with van der Waals surface area (Å²) in [4.78, 5) is 21.2. The van der Waals surface area contributed by atoms with Gasteiger partial charge in [0.2, 0.25) is 0 Å². The number of nitrogens with two attached hydrogens (primary N) is 1. The van der Waals surface area contributed by atoms with E-state index in [2.05, 4.69) is 15.9 Å². The van der Waals surface area contributed by atoms with Gasteiger partial charge in [-0.15, -0.1) is 0 Å². The van der Waals surface area contributed by atoms with E-state index in [1.807, 2.05) is 0 Å². The van der Waals surface area contributed by atoms with E-state index in [4.69, 9.17) is 5.73 Å². The van der Waals surface area contributed by atoms with Crippen LogP contribution >= 0.6 is 15.9 Å². The lowest BCUT2D eigenvalue weighted by Gasteiger charge is -2.07. The summed E-state index contributed by atoms with van der Waals surface area (Å²) in [6, 6.07) is 1.41. The highest BCUT2D eigenvalue weighted by molar-refractivity contribution is 9.10. The Kier molecular flexibility index (Phi) is 3.09. The van der Waals surface area contributed by atoms with Crippen LogP contribution in [0.1, 0.15) is 21.5 Å². The van der Waals surface area contributed by atoms with Crippen LogP contribution in [-0.2, 0) is 0 Å². The Hall–Kier alpha value is -1.43. The molecule has 0 aliphatic rings. The number of rotatable bonds is 2. The fraction of sp³-hybridized carbons (Fsp3) is 0.222. The molecule has 0 saturated carbocycles. The predicted molar refractivity (Wildman–Crippen MR) is 58.8 cm³/mol. The van der Waals surface area contributed by atoms with Crippen LogP contribution in [0, 0.1) is 24.0 Å². The normalized spacial score (nSPS) is 10.1. The van der Waals surface area contributed by atoms with E-state index in [-0.39, 0.29) is 11.3 Å². The maximum absolute atomic E-state index is 11.0. The maximum Gasteiger partial charge on any atom is 0.286 e. The van der Waals surface area contributed by atoms with Crippen LogP contribution in [0.2, 0.25) is 0 Å². The average molecular weight is 273 g/mol. The van der Waals surface area contributed by atoms with Crippen LogP contribution in [0.3, 0.4) is 0 Å². The largest absolute Gasteiger partial charge is 0.365 e.